The fraction of sp³-hybridized carbons (Fsp3) is 0.364. The molecule has 1 rings (SSSR count). The largest absolute Gasteiger partial charge is 0.507 e. The van der Waals surface area contributed by atoms with Crippen molar-refractivity contribution in [3.8, 4) is 5.75 Å². The number of carbonyl (C=O) groups excluding carboxylic acids is 1. The molecule has 1 amide bonds. The van der Waals surface area contributed by atoms with Crippen molar-refractivity contribution >= 4 is 5.91 Å². The molecule has 0 heterocycles. The first-order valence-electron chi connectivity index (χ1n) is 4.95. The van der Waals surface area contributed by atoms with Crippen LogP contribution in [0.4, 0.5) is 4.39 Å². The summed E-state index contributed by atoms with van der Waals surface area (Å²) in [4.78, 5) is 13.3. The van der Waals surface area contributed by atoms with Crippen LogP contribution in [0.1, 0.15) is 10.4 Å². The summed E-state index contributed by atoms with van der Waals surface area (Å²) in [5.74, 6) is -1.22. The van der Waals surface area contributed by atoms with Crippen molar-refractivity contribution in [2.45, 2.75) is 0 Å². The van der Waals surface area contributed by atoms with Gasteiger partial charge in [-0.2, -0.15) is 0 Å². The van der Waals surface area contributed by atoms with Gasteiger partial charge in [-0.25, -0.2) is 4.39 Å². The Kier molecular flexibility index (Phi) is 4.25. The normalized spacial score (nSPS) is 10.2. The van der Waals surface area contributed by atoms with Gasteiger partial charge in [0.25, 0.3) is 5.91 Å². The molecule has 5 heteroatoms. The topological polar surface area (TPSA) is 52.6 Å². The van der Waals surface area contributed by atoms with Gasteiger partial charge in [0.1, 0.15) is 11.6 Å². The summed E-state index contributed by atoms with van der Waals surface area (Å²) in [7, 11) is 3.41. The number of nitrogens with zero attached hydrogens (tertiary/aromatic N) is 1. The zero-order valence-corrected chi connectivity index (χ0v) is 9.33. The van der Waals surface area contributed by atoms with Gasteiger partial charge < -0.3 is 15.3 Å². The van der Waals surface area contributed by atoms with Gasteiger partial charge in [-0.1, -0.05) is 0 Å². The number of rotatable bonds is 4. The van der Waals surface area contributed by atoms with E-state index in [1.165, 1.54) is 11.0 Å². The van der Waals surface area contributed by atoms with Gasteiger partial charge in [0.2, 0.25) is 0 Å². The van der Waals surface area contributed by atoms with Crippen LogP contribution in [0.2, 0.25) is 0 Å². The minimum absolute atomic E-state index is 0.111. The van der Waals surface area contributed by atoms with Crippen molar-refractivity contribution in [2.24, 2.45) is 0 Å². The monoisotopic (exact) mass is 226 g/mol. The van der Waals surface area contributed by atoms with E-state index in [4.69, 9.17) is 0 Å². The Morgan fingerprint density at radius 3 is 2.81 bits per heavy atom. The first-order valence-corrected chi connectivity index (χ1v) is 4.95. The molecule has 0 saturated carbocycles. The maximum atomic E-state index is 12.7. The van der Waals surface area contributed by atoms with Crippen LogP contribution in [-0.4, -0.2) is 43.1 Å². The van der Waals surface area contributed by atoms with Crippen molar-refractivity contribution in [1.29, 1.82) is 0 Å². The molecule has 0 aliphatic heterocycles. The van der Waals surface area contributed by atoms with Gasteiger partial charge in [0.05, 0.1) is 5.56 Å². The van der Waals surface area contributed by atoms with Gasteiger partial charge in [0.15, 0.2) is 0 Å². The molecule has 88 valence electrons. The maximum Gasteiger partial charge on any atom is 0.257 e. The van der Waals surface area contributed by atoms with Crippen LogP contribution in [0.15, 0.2) is 18.2 Å². The minimum atomic E-state index is -0.563. The molecule has 0 fully saturated rings. The highest BCUT2D eigenvalue weighted by atomic mass is 19.1. The molecule has 16 heavy (non-hydrogen) atoms. The Bertz CT molecular complexity index is 382. The number of amides is 1. The zero-order valence-electron chi connectivity index (χ0n) is 9.33. The van der Waals surface area contributed by atoms with E-state index in [-0.39, 0.29) is 17.2 Å². The molecule has 1 aromatic rings. The van der Waals surface area contributed by atoms with Crippen molar-refractivity contribution in [1.82, 2.24) is 10.2 Å². The van der Waals surface area contributed by atoms with Crippen molar-refractivity contribution < 1.29 is 14.3 Å². The number of aromatic hydroxyl groups is 1. The number of carbonyl (C=O) groups is 1. The molecule has 0 radical (unpaired) electrons. The molecular formula is C11H15FN2O2. The average molecular weight is 226 g/mol. The van der Waals surface area contributed by atoms with Crippen LogP contribution in [0.25, 0.3) is 0 Å². The predicted octanol–water partition coefficient (Wildman–Crippen LogP) is 0.823. The lowest BCUT2D eigenvalue weighted by Gasteiger charge is -2.17. The Morgan fingerprint density at radius 2 is 2.25 bits per heavy atom. The fourth-order valence-corrected chi connectivity index (χ4v) is 1.27. The van der Waals surface area contributed by atoms with Crippen LogP contribution in [0.3, 0.4) is 0 Å². The van der Waals surface area contributed by atoms with Crippen molar-refractivity contribution in [2.75, 3.05) is 27.2 Å². The molecule has 4 nitrogen and oxygen atoms in total. The third kappa shape index (κ3) is 2.93. The highest BCUT2D eigenvalue weighted by molar-refractivity contribution is 5.96. The van der Waals surface area contributed by atoms with Crippen molar-refractivity contribution in [3.63, 3.8) is 0 Å². The molecule has 0 aromatic heterocycles. The lowest BCUT2D eigenvalue weighted by Crippen LogP contribution is -2.32. The minimum Gasteiger partial charge on any atom is -0.507 e. The highest BCUT2D eigenvalue weighted by Gasteiger charge is 2.15. The molecule has 0 atom stereocenters. The second-order valence-corrected chi connectivity index (χ2v) is 3.49. The highest BCUT2D eigenvalue weighted by Crippen LogP contribution is 2.19. The molecule has 1 aromatic carbocycles. The summed E-state index contributed by atoms with van der Waals surface area (Å²) in [6.07, 6.45) is 0. The number of phenolic OH excluding ortho intramolecular Hbond substituents is 1. The quantitative estimate of drug-likeness (QED) is 0.799. The number of hydrogen-bond donors (Lipinski definition) is 2. The average Bonchev–Trinajstić information content (AvgIpc) is 2.25. The van der Waals surface area contributed by atoms with Crippen LogP contribution < -0.4 is 5.32 Å². The van der Waals surface area contributed by atoms with Crippen LogP contribution in [0.5, 0.6) is 5.75 Å². The van der Waals surface area contributed by atoms with Gasteiger partial charge in [0, 0.05) is 26.2 Å². The van der Waals surface area contributed by atoms with E-state index < -0.39 is 5.82 Å². The number of halogens is 1. The third-order valence-electron chi connectivity index (χ3n) is 2.23. The predicted molar refractivity (Wildman–Crippen MR) is 59.0 cm³/mol. The molecule has 0 aliphatic carbocycles. The van der Waals surface area contributed by atoms with Gasteiger partial charge in [-0.05, 0) is 19.2 Å². The lowest BCUT2D eigenvalue weighted by atomic mass is 10.1. The second-order valence-electron chi connectivity index (χ2n) is 3.49. The van der Waals surface area contributed by atoms with E-state index in [9.17, 15) is 14.3 Å². The molecule has 0 spiro atoms. The second kappa shape index (κ2) is 5.46. The van der Waals surface area contributed by atoms with E-state index in [0.717, 1.165) is 12.1 Å². The van der Waals surface area contributed by atoms with E-state index >= 15 is 0 Å². The Labute approximate surface area is 93.7 Å². The summed E-state index contributed by atoms with van der Waals surface area (Å²) < 4.78 is 12.7. The first-order chi connectivity index (χ1) is 7.56. The van der Waals surface area contributed by atoms with E-state index in [1.54, 1.807) is 14.1 Å². The number of likely N-dealkylation sites (N-methyl/N-ethyl adjacent to an activating group) is 2. The van der Waals surface area contributed by atoms with Crippen LogP contribution >= 0.6 is 0 Å². The van der Waals surface area contributed by atoms with E-state index in [2.05, 4.69) is 5.32 Å². The van der Waals surface area contributed by atoms with Crippen molar-refractivity contribution in [3.05, 3.63) is 29.6 Å². The third-order valence-corrected chi connectivity index (χ3v) is 2.23. The Balaban J connectivity index is 2.79. The fourth-order valence-electron chi connectivity index (χ4n) is 1.27. The molecular weight excluding hydrogens is 211 g/mol. The summed E-state index contributed by atoms with van der Waals surface area (Å²) in [6.45, 7) is 1.18. The van der Waals surface area contributed by atoms with Gasteiger partial charge in [-0.3, -0.25) is 4.79 Å². The van der Waals surface area contributed by atoms with Crippen LogP contribution in [0, 0.1) is 5.82 Å². The van der Waals surface area contributed by atoms with E-state index in [1.807, 2.05) is 0 Å². The Morgan fingerprint density at radius 1 is 1.56 bits per heavy atom. The molecule has 0 bridgehead atoms. The molecule has 0 saturated heterocycles. The maximum absolute atomic E-state index is 12.7. The lowest BCUT2D eigenvalue weighted by molar-refractivity contribution is 0.0794. The molecule has 2 N–H and O–H groups in total. The van der Waals surface area contributed by atoms with Gasteiger partial charge >= 0.3 is 0 Å². The smallest absolute Gasteiger partial charge is 0.257 e. The number of hydrogen-bond acceptors (Lipinski definition) is 3. The molecule has 0 aliphatic rings. The summed E-state index contributed by atoms with van der Waals surface area (Å²) >= 11 is 0. The van der Waals surface area contributed by atoms with Crippen LogP contribution in [-0.2, 0) is 0 Å². The first kappa shape index (κ1) is 12.4. The summed E-state index contributed by atoms with van der Waals surface area (Å²) in [5.41, 5.74) is 0.111. The van der Waals surface area contributed by atoms with E-state index in [0.29, 0.717) is 13.1 Å². The number of benzene rings is 1. The molecule has 0 unspecified atom stereocenters. The standard InChI is InChI=1S/C11H15FN2O2/c1-13-5-6-14(2)11(16)9-4-3-8(12)7-10(9)15/h3-4,7,13,15H,5-6H2,1-2H3. The Hall–Kier alpha value is -1.62. The summed E-state index contributed by atoms with van der Waals surface area (Å²) in [5, 5.41) is 12.3. The summed E-state index contributed by atoms with van der Waals surface area (Å²) in [6, 6.07) is 3.36. The SMILES string of the molecule is CNCCN(C)C(=O)c1ccc(F)cc1O. The zero-order chi connectivity index (χ0) is 12.1. The number of phenols is 1. The number of nitrogens with one attached hydrogen (secondary N) is 1. The van der Waals surface area contributed by atoms with Gasteiger partial charge in [-0.15, -0.1) is 0 Å².